The van der Waals surface area contributed by atoms with E-state index in [9.17, 15) is 38.7 Å². The molecule has 1 aliphatic rings. The SMILES string of the molecule is CCCC(NC(=O)[C@@H]1C(CC)CCN1C(=O)[C@@H](NC(=O)[C@@H](NC(=O)c1cnccn1)C(C)C)C(C)C)C(=O)C(=O)N[C@@H](Cc1ccccc1)C(=O)O. The van der Waals surface area contributed by atoms with E-state index in [1.54, 1.807) is 65.0 Å². The van der Waals surface area contributed by atoms with Crippen molar-refractivity contribution in [2.24, 2.45) is 17.8 Å². The van der Waals surface area contributed by atoms with Gasteiger partial charge >= 0.3 is 5.97 Å². The number of nitrogens with zero attached hydrogens (tertiary/aromatic N) is 3. The van der Waals surface area contributed by atoms with E-state index < -0.39 is 77.4 Å². The molecule has 1 aliphatic heterocycles. The molecule has 0 bridgehead atoms. The maximum absolute atomic E-state index is 14.2. The molecule has 15 nitrogen and oxygen atoms in total. The lowest BCUT2D eigenvalue weighted by atomic mass is 9.94. The van der Waals surface area contributed by atoms with Crippen molar-refractivity contribution in [2.45, 2.75) is 104 Å². The summed E-state index contributed by atoms with van der Waals surface area (Å²) >= 11 is 0. The van der Waals surface area contributed by atoms with Crippen LogP contribution in [0.5, 0.6) is 0 Å². The van der Waals surface area contributed by atoms with Crippen molar-refractivity contribution in [2.75, 3.05) is 6.54 Å². The fourth-order valence-corrected chi connectivity index (χ4v) is 6.24. The number of carboxylic acid groups (broad SMARTS) is 1. The van der Waals surface area contributed by atoms with Gasteiger partial charge in [-0.05, 0) is 36.2 Å². The third-order valence-electron chi connectivity index (χ3n) is 9.18. The molecule has 52 heavy (non-hydrogen) atoms. The third kappa shape index (κ3) is 10.9. The van der Waals surface area contributed by atoms with E-state index in [0.29, 0.717) is 24.8 Å². The van der Waals surface area contributed by atoms with Crippen LogP contribution in [-0.2, 0) is 35.2 Å². The highest BCUT2D eigenvalue weighted by Crippen LogP contribution is 2.29. The molecule has 5 amide bonds. The monoisotopic (exact) mass is 721 g/mol. The van der Waals surface area contributed by atoms with E-state index in [-0.39, 0.29) is 36.9 Å². The van der Waals surface area contributed by atoms with E-state index >= 15 is 0 Å². The van der Waals surface area contributed by atoms with Gasteiger partial charge in [-0.2, -0.15) is 0 Å². The molecular formula is C37H51N7O8. The molecule has 1 aromatic carbocycles. The Labute approximate surface area is 304 Å². The van der Waals surface area contributed by atoms with Gasteiger partial charge in [0.2, 0.25) is 23.5 Å². The molecule has 1 saturated heterocycles. The predicted octanol–water partition coefficient (Wildman–Crippen LogP) is 1.67. The van der Waals surface area contributed by atoms with Crippen LogP contribution < -0.4 is 21.3 Å². The zero-order chi connectivity index (χ0) is 38.5. The second-order valence-corrected chi connectivity index (χ2v) is 13.7. The number of ketones is 1. The molecule has 2 heterocycles. The van der Waals surface area contributed by atoms with E-state index in [2.05, 4.69) is 31.2 Å². The summed E-state index contributed by atoms with van der Waals surface area (Å²) in [5.74, 6) is -6.77. The van der Waals surface area contributed by atoms with Gasteiger partial charge in [-0.25, -0.2) is 9.78 Å². The molecule has 3 rings (SSSR count). The Morgan fingerprint density at radius 1 is 0.865 bits per heavy atom. The van der Waals surface area contributed by atoms with E-state index in [4.69, 9.17) is 0 Å². The summed E-state index contributed by atoms with van der Waals surface area (Å²) in [7, 11) is 0. The molecule has 0 spiro atoms. The summed E-state index contributed by atoms with van der Waals surface area (Å²) in [6.07, 6.45) is 5.57. The van der Waals surface area contributed by atoms with Crippen LogP contribution in [-0.4, -0.2) is 98.0 Å². The van der Waals surface area contributed by atoms with Crippen LogP contribution in [0.2, 0.25) is 0 Å². The summed E-state index contributed by atoms with van der Waals surface area (Å²) in [6.45, 7) is 10.9. The minimum absolute atomic E-state index is 0.0280. The molecule has 0 saturated carbocycles. The summed E-state index contributed by atoms with van der Waals surface area (Å²) in [4.78, 5) is 102. The molecule has 1 aromatic heterocycles. The minimum atomic E-state index is -1.37. The number of hydrogen-bond acceptors (Lipinski definition) is 9. The number of hydrogen-bond donors (Lipinski definition) is 5. The summed E-state index contributed by atoms with van der Waals surface area (Å²) in [5.41, 5.74) is 0.681. The topological polar surface area (TPSA) is 217 Å². The van der Waals surface area contributed by atoms with Gasteiger partial charge in [0.25, 0.3) is 11.8 Å². The highest BCUT2D eigenvalue weighted by atomic mass is 16.4. The Balaban J connectivity index is 1.77. The predicted molar refractivity (Wildman–Crippen MR) is 190 cm³/mol. The molecule has 15 heteroatoms. The third-order valence-corrected chi connectivity index (χ3v) is 9.18. The van der Waals surface area contributed by atoms with Crippen molar-refractivity contribution < 1.29 is 38.7 Å². The first kappa shape index (κ1) is 41.2. The number of amides is 5. The molecule has 0 aliphatic carbocycles. The van der Waals surface area contributed by atoms with Crippen molar-refractivity contribution in [1.82, 2.24) is 36.1 Å². The normalized spacial score (nSPS) is 17.8. The number of carboxylic acids is 1. The van der Waals surface area contributed by atoms with Crippen LogP contribution in [0.3, 0.4) is 0 Å². The lowest BCUT2D eigenvalue weighted by molar-refractivity contribution is -0.146. The molecule has 5 N–H and O–H groups in total. The number of aromatic nitrogens is 2. The number of rotatable bonds is 18. The maximum atomic E-state index is 14.2. The Morgan fingerprint density at radius 2 is 1.54 bits per heavy atom. The Kier molecular flexibility index (Phi) is 15.4. The first-order valence-electron chi connectivity index (χ1n) is 17.8. The van der Waals surface area contributed by atoms with Crippen molar-refractivity contribution in [3.05, 3.63) is 60.2 Å². The smallest absolute Gasteiger partial charge is 0.326 e. The van der Waals surface area contributed by atoms with Crippen LogP contribution in [0.1, 0.15) is 83.3 Å². The number of nitrogens with one attached hydrogen (secondary N) is 4. The van der Waals surface area contributed by atoms with Crippen molar-refractivity contribution >= 4 is 41.3 Å². The Bertz CT molecular complexity index is 1570. The van der Waals surface area contributed by atoms with Crippen LogP contribution in [0, 0.1) is 17.8 Å². The zero-order valence-corrected chi connectivity index (χ0v) is 30.6. The first-order valence-corrected chi connectivity index (χ1v) is 17.8. The number of likely N-dealkylation sites (tertiary alicyclic amines) is 1. The van der Waals surface area contributed by atoms with Gasteiger partial charge in [-0.1, -0.05) is 84.7 Å². The van der Waals surface area contributed by atoms with Gasteiger partial charge in [0.15, 0.2) is 0 Å². The Morgan fingerprint density at radius 3 is 2.10 bits per heavy atom. The van der Waals surface area contributed by atoms with E-state index in [0.717, 1.165) is 0 Å². The van der Waals surface area contributed by atoms with E-state index in [1.165, 1.54) is 23.5 Å². The van der Waals surface area contributed by atoms with Gasteiger partial charge in [-0.15, -0.1) is 0 Å². The molecule has 0 radical (unpaired) electrons. The summed E-state index contributed by atoms with van der Waals surface area (Å²) in [6, 6.07) is 2.97. The summed E-state index contributed by atoms with van der Waals surface area (Å²) < 4.78 is 0. The fourth-order valence-electron chi connectivity index (χ4n) is 6.24. The maximum Gasteiger partial charge on any atom is 0.326 e. The average molecular weight is 722 g/mol. The summed E-state index contributed by atoms with van der Waals surface area (Å²) in [5, 5.41) is 20.2. The van der Waals surface area contributed by atoms with Crippen LogP contribution in [0.15, 0.2) is 48.9 Å². The molecule has 6 atom stereocenters. The highest BCUT2D eigenvalue weighted by Gasteiger charge is 2.45. The second-order valence-electron chi connectivity index (χ2n) is 13.7. The van der Waals surface area contributed by atoms with Crippen LogP contribution in [0.4, 0.5) is 0 Å². The first-order chi connectivity index (χ1) is 24.7. The van der Waals surface area contributed by atoms with Gasteiger partial charge in [0.05, 0.1) is 12.2 Å². The van der Waals surface area contributed by atoms with E-state index in [1.807, 2.05) is 6.92 Å². The molecule has 282 valence electrons. The van der Waals surface area contributed by atoms with Gasteiger partial charge in [0, 0.05) is 25.4 Å². The number of carbonyl (C=O) groups is 7. The Hall–Kier alpha value is -5.21. The second kappa shape index (κ2) is 19.4. The van der Waals surface area contributed by atoms with Gasteiger partial charge in [-0.3, -0.25) is 33.8 Å². The van der Waals surface area contributed by atoms with Crippen LogP contribution >= 0.6 is 0 Å². The highest BCUT2D eigenvalue weighted by molar-refractivity contribution is 6.38. The minimum Gasteiger partial charge on any atom is -0.480 e. The number of carbonyl (C=O) groups excluding carboxylic acids is 6. The van der Waals surface area contributed by atoms with Crippen molar-refractivity contribution in [3.63, 3.8) is 0 Å². The van der Waals surface area contributed by atoms with Gasteiger partial charge in [0.1, 0.15) is 29.9 Å². The molecular weight excluding hydrogens is 670 g/mol. The number of aliphatic carboxylic acids is 1. The largest absolute Gasteiger partial charge is 0.480 e. The number of Topliss-reactive ketones (excluding diaryl/α,β-unsaturated/α-hetero) is 1. The molecule has 2 unspecified atom stereocenters. The van der Waals surface area contributed by atoms with Crippen LogP contribution in [0.25, 0.3) is 0 Å². The molecule has 1 fully saturated rings. The average Bonchev–Trinajstić information content (AvgIpc) is 3.56. The fraction of sp³-hybridized carbons (Fsp3) is 0.541. The van der Waals surface area contributed by atoms with Crippen molar-refractivity contribution in [1.29, 1.82) is 0 Å². The lowest BCUT2D eigenvalue weighted by Crippen LogP contribution is -2.60. The van der Waals surface area contributed by atoms with Gasteiger partial charge < -0.3 is 31.3 Å². The quantitative estimate of drug-likeness (QED) is 0.140. The zero-order valence-electron chi connectivity index (χ0n) is 30.6. The lowest BCUT2D eigenvalue weighted by Gasteiger charge is -2.33. The standard InChI is InChI=1S/C37H51N7O8/c1-7-12-25(31(45)35(49)41-26(37(51)52)19-23-13-10-9-11-14-23)40-34(48)30-24(8-2)15-18-44(30)36(50)29(22(5)6)43-33(47)28(21(3)4)42-32(46)27-20-38-16-17-39-27/h9-11,13-14,16-17,20-22,24-26,28-30H,7-8,12,15,18-19H2,1-6H3,(H,40,48)(H,41,49)(H,42,46)(H,43,47)(H,51,52)/t24?,25?,26-,28-,29-,30-/m0/s1. The number of benzene rings is 1. The van der Waals surface area contributed by atoms with Crippen molar-refractivity contribution in [3.8, 4) is 0 Å². The molecule has 2 aromatic rings.